The van der Waals surface area contributed by atoms with Crippen LogP contribution in [0.15, 0.2) is 36.5 Å². The van der Waals surface area contributed by atoms with E-state index in [4.69, 9.17) is 5.11 Å². The number of amides is 1. The van der Waals surface area contributed by atoms with Crippen molar-refractivity contribution in [3.8, 4) is 11.1 Å². The Kier molecular flexibility index (Phi) is 4.34. The molecule has 0 radical (unpaired) electrons. The molecule has 1 amide bonds. The second-order valence-corrected chi connectivity index (χ2v) is 5.30. The molecule has 2 heterocycles. The van der Waals surface area contributed by atoms with Gasteiger partial charge >= 0.3 is 0 Å². The number of aromatic nitrogens is 1. The van der Waals surface area contributed by atoms with Gasteiger partial charge in [0.15, 0.2) is 0 Å². The van der Waals surface area contributed by atoms with Gasteiger partial charge in [-0.05, 0) is 42.2 Å². The largest absolute Gasteiger partial charge is 0.396 e. The standard InChI is InChI=1S/C17H19N3O2/c21-9-2-1-8-18-16-7-6-12(10-19-16)13-4-3-5-14-15(13)11-20-17(14)22/h3-7,10,21H,1-2,8-9,11H2,(H,18,19)(H,20,22). The third-order valence-corrected chi connectivity index (χ3v) is 3.81. The van der Waals surface area contributed by atoms with E-state index in [1.54, 1.807) is 0 Å². The highest BCUT2D eigenvalue weighted by molar-refractivity contribution is 6.00. The van der Waals surface area contributed by atoms with Crippen molar-refractivity contribution in [3.05, 3.63) is 47.7 Å². The van der Waals surface area contributed by atoms with Crippen molar-refractivity contribution >= 4 is 11.7 Å². The fourth-order valence-corrected chi connectivity index (χ4v) is 2.64. The Bertz CT molecular complexity index is 668. The van der Waals surface area contributed by atoms with Gasteiger partial charge in [0.05, 0.1) is 0 Å². The number of carbonyl (C=O) groups is 1. The molecule has 1 aromatic carbocycles. The van der Waals surface area contributed by atoms with Gasteiger partial charge in [-0.2, -0.15) is 0 Å². The Labute approximate surface area is 129 Å². The number of rotatable bonds is 6. The van der Waals surface area contributed by atoms with Crippen molar-refractivity contribution < 1.29 is 9.90 Å². The number of unbranched alkanes of at least 4 members (excludes halogenated alkanes) is 1. The maximum Gasteiger partial charge on any atom is 0.251 e. The van der Waals surface area contributed by atoms with Gasteiger partial charge in [0.2, 0.25) is 0 Å². The van der Waals surface area contributed by atoms with Crippen LogP contribution in [-0.2, 0) is 6.54 Å². The van der Waals surface area contributed by atoms with Gasteiger partial charge in [-0.25, -0.2) is 4.98 Å². The zero-order chi connectivity index (χ0) is 15.4. The lowest BCUT2D eigenvalue weighted by Gasteiger charge is -2.09. The molecule has 22 heavy (non-hydrogen) atoms. The minimum Gasteiger partial charge on any atom is -0.396 e. The number of hydrogen-bond acceptors (Lipinski definition) is 4. The first-order chi connectivity index (χ1) is 10.8. The fraction of sp³-hybridized carbons (Fsp3) is 0.294. The van der Waals surface area contributed by atoms with Gasteiger partial charge in [-0.3, -0.25) is 4.79 Å². The van der Waals surface area contributed by atoms with Gasteiger partial charge in [0.1, 0.15) is 5.82 Å². The second kappa shape index (κ2) is 6.58. The molecule has 0 spiro atoms. The molecule has 1 aliphatic rings. The van der Waals surface area contributed by atoms with Crippen LogP contribution in [0.5, 0.6) is 0 Å². The lowest BCUT2D eigenvalue weighted by molar-refractivity contribution is 0.0966. The topological polar surface area (TPSA) is 74.2 Å². The number of carbonyl (C=O) groups excluding carboxylic acids is 1. The summed E-state index contributed by atoms with van der Waals surface area (Å²) in [7, 11) is 0. The van der Waals surface area contributed by atoms with Crippen molar-refractivity contribution in [1.82, 2.24) is 10.3 Å². The molecule has 0 bridgehead atoms. The molecule has 3 N–H and O–H groups in total. The van der Waals surface area contributed by atoms with E-state index in [-0.39, 0.29) is 12.5 Å². The van der Waals surface area contributed by atoms with Crippen LogP contribution in [0, 0.1) is 0 Å². The number of nitrogens with one attached hydrogen (secondary N) is 2. The molecular weight excluding hydrogens is 278 g/mol. The Morgan fingerprint density at radius 2 is 2.05 bits per heavy atom. The molecule has 1 aliphatic heterocycles. The number of aliphatic hydroxyl groups excluding tert-OH is 1. The summed E-state index contributed by atoms with van der Waals surface area (Å²) in [5, 5.41) is 14.8. The molecule has 5 nitrogen and oxygen atoms in total. The first kappa shape index (κ1) is 14.5. The van der Waals surface area contributed by atoms with Gasteiger partial charge < -0.3 is 15.7 Å². The fourth-order valence-electron chi connectivity index (χ4n) is 2.64. The summed E-state index contributed by atoms with van der Waals surface area (Å²) in [6.45, 7) is 1.59. The molecule has 114 valence electrons. The summed E-state index contributed by atoms with van der Waals surface area (Å²) >= 11 is 0. The zero-order valence-corrected chi connectivity index (χ0v) is 12.3. The summed E-state index contributed by atoms with van der Waals surface area (Å²) in [5.41, 5.74) is 3.85. The highest BCUT2D eigenvalue weighted by atomic mass is 16.2. The monoisotopic (exact) mass is 297 g/mol. The van der Waals surface area contributed by atoms with E-state index in [9.17, 15) is 4.79 Å². The van der Waals surface area contributed by atoms with E-state index < -0.39 is 0 Å². The van der Waals surface area contributed by atoms with Crippen LogP contribution >= 0.6 is 0 Å². The molecular formula is C17H19N3O2. The number of benzene rings is 1. The van der Waals surface area contributed by atoms with Gasteiger partial charge in [-0.1, -0.05) is 12.1 Å². The summed E-state index contributed by atoms with van der Waals surface area (Å²) < 4.78 is 0. The van der Waals surface area contributed by atoms with Crippen LogP contribution < -0.4 is 10.6 Å². The van der Waals surface area contributed by atoms with Crippen LogP contribution in [0.1, 0.15) is 28.8 Å². The summed E-state index contributed by atoms with van der Waals surface area (Å²) in [5.74, 6) is 0.815. The summed E-state index contributed by atoms with van der Waals surface area (Å²) in [6.07, 6.45) is 3.54. The van der Waals surface area contributed by atoms with Crippen molar-refractivity contribution in [3.63, 3.8) is 0 Å². The third kappa shape index (κ3) is 2.94. The molecule has 5 heteroatoms. The van der Waals surface area contributed by atoms with Crippen LogP contribution in [0.25, 0.3) is 11.1 Å². The second-order valence-electron chi connectivity index (χ2n) is 5.30. The first-order valence-corrected chi connectivity index (χ1v) is 7.51. The summed E-state index contributed by atoms with van der Waals surface area (Å²) in [4.78, 5) is 16.1. The molecule has 0 saturated heterocycles. The Morgan fingerprint density at radius 1 is 1.18 bits per heavy atom. The normalized spacial score (nSPS) is 12.9. The van der Waals surface area contributed by atoms with Crippen molar-refractivity contribution in [2.24, 2.45) is 0 Å². The van der Waals surface area contributed by atoms with Gasteiger partial charge in [-0.15, -0.1) is 0 Å². The number of anilines is 1. The molecule has 1 aromatic heterocycles. The maximum atomic E-state index is 11.7. The number of nitrogens with zero attached hydrogens (tertiary/aromatic N) is 1. The Morgan fingerprint density at radius 3 is 2.82 bits per heavy atom. The maximum absolute atomic E-state index is 11.7. The summed E-state index contributed by atoms with van der Waals surface area (Å²) in [6, 6.07) is 9.73. The SMILES string of the molecule is O=C1NCc2c1cccc2-c1ccc(NCCCCO)nc1. The predicted octanol–water partition coefficient (Wildman–Crippen LogP) is 2.18. The molecule has 0 atom stereocenters. The van der Waals surface area contributed by atoms with Gasteiger partial charge in [0.25, 0.3) is 5.91 Å². The predicted molar refractivity (Wildman–Crippen MR) is 85.7 cm³/mol. The number of aliphatic hydroxyl groups is 1. The zero-order valence-electron chi connectivity index (χ0n) is 12.3. The highest BCUT2D eigenvalue weighted by Gasteiger charge is 2.21. The minimum atomic E-state index is -0.00743. The van der Waals surface area contributed by atoms with E-state index in [1.165, 1.54) is 0 Å². The van der Waals surface area contributed by atoms with Crippen molar-refractivity contribution in [2.45, 2.75) is 19.4 Å². The third-order valence-electron chi connectivity index (χ3n) is 3.81. The number of pyridine rings is 1. The lowest BCUT2D eigenvalue weighted by Crippen LogP contribution is -2.12. The van der Waals surface area contributed by atoms with E-state index in [2.05, 4.69) is 15.6 Å². The van der Waals surface area contributed by atoms with E-state index in [0.717, 1.165) is 47.5 Å². The average molecular weight is 297 g/mol. The molecule has 0 fully saturated rings. The van der Waals surface area contributed by atoms with E-state index in [1.807, 2.05) is 36.5 Å². The molecule has 3 rings (SSSR count). The van der Waals surface area contributed by atoms with Crippen LogP contribution in [0.3, 0.4) is 0 Å². The molecule has 0 unspecified atom stereocenters. The van der Waals surface area contributed by atoms with Gasteiger partial charge in [0, 0.05) is 37.0 Å². The van der Waals surface area contributed by atoms with E-state index in [0.29, 0.717) is 6.54 Å². The average Bonchev–Trinajstić information content (AvgIpc) is 2.94. The Hall–Kier alpha value is -2.40. The minimum absolute atomic E-state index is 0.00743. The first-order valence-electron chi connectivity index (χ1n) is 7.51. The van der Waals surface area contributed by atoms with Crippen LogP contribution in [0.2, 0.25) is 0 Å². The van der Waals surface area contributed by atoms with Crippen LogP contribution in [0.4, 0.5) is 5.82 Å². The smallest absolute Gasteiger partial charge is 0.251 e. The van der Waals surface area contributed by atoms with Crippen molar-refractivity contribution in [2.75, 3.05) is 18.5 Å². The highest BCUT2D eigenvalue weighted by Crippen LogP contribution is 2.29. The lowest BCUT2D eigenvalue weighted by atomic mass is 9.98. The van der Waals surface area contributed by atoms with Crippen LogP contribution in [-0.4, -0.2) is 29.1 Å². The molecule has 0 aliphatic carbocycles. The molecule has 2 aromatic rings. The Balaban J connectivity index is 1.75. The molecule has 0 saturated carbocycles. The van der Waals surface area contributed by atoms with E-state index >= 15 is 0 Å². The quantitative estimate of drug-likeness (QED) is 0.714. The number of fused-ring (bicyclic) bond motifs is 1. The van der Waals surface area contributed by atoms with Crippen molar-refractivity contribution in [1.29, 1.82) is 0 Å². The number of hydrogen-bond donors (Lipinski definition) is 3.